The fraction of sp³-hybridized carbons (Fsp3) is 0.130. The molecule has 0 fully saturated rings. The summed E-state index contributed by atoms with van der Waals surface area (Å²) in [6, 6.07) is 21.5. The minimum absolute atomic E-state index is 0.0368. The van der Waals surface area contributed by atoms with E-state index in [9.17, 15) is 18.0 Å². The average molecular weight is 469 g/mol. The number of carbonyl (C=O) groups is 2. The Bertz CT molecular complexity index is 1220. The van der Waals surface area contributed by atoms with E-state index >= 15 is 0 Å². The van der Waals surface area contributed by atoms with E-state index in [2.05, 4.69) is 4.72 Å². The molecule has 0 radical (unpaired) electrons. The minimum atomic E-state index is -3.89. The molecule has 0 saturated heterocycles. The third-order valence-electron chi connectivity index (χ3n) is 4.76. The first-order valence-corrected chi connectivity index (χ1v) is 12.1. The summed E-state index contributed by atoms with van der Waals surface area (Å²) in [7, 11) is -3.89. The van der Waals surface area contributed by atoms with Gasteiger partial charge in [-0.1, -0.05) is 54.2 Å². The molecule has 32 heavy (non-hydrogen) atoms. The minimum Gasteiger partial charge on any atom is -0.454 e. The molecular weight excluding hydrogens is 448 g/mol. The van der Waals surface area contributed by atoms with Gasteiger partial charge in [-0.05, 0) is 43.3 Å². The van der Waals surface area contributed by atoms with Gasteiger partial charge in [0.25, 0.3) is 5.91 Å². The first kappa shape index (κ1) is 22.1. The van der Waals surface area contributed by atoms with Gasteiger partial charge in [0, 0.05) is 9.79 Å². The summed E-state index contributed by atoms with van der Waals surface area (Å²) in [5.74, 6) is -1.28. The second-order valence-electron chi connectivity index (χ2n) is 7.03. The largest absolute Gasteiger partial charge is 0.454 e. The van der Waals surface area contributed by atoms with Crippen LogP contribution in [0.4, 0.5) is 11.4 Å². The van der Waals surface area contributed by atoms with Crippen LogP contribution in [0.3, 0.4) is 0 Å². The molecule has 0 aliphatic carbocycles. The zero-order valence-corrected chi connectivity index (χ0v) is 18.7. The molecule has 0 spiro atoms. The monoisotopic (exact) mass is 468 g/mol. The van der Waals surface area contributed by atoms with E-state index in [1.165, 1.54) is 24.0 Å². The van der Waals surface area contributed by atoms with Gasteiger partial charge in [-0.2, -0.15) is 4.72 Å². The summed E-state index contributed by atoms with van der Waals surface area (Å²) in [4.78, 5) is 28.8. The molecule has 9 heteroatoms. The van der Waals surface area contributed by atoms with E-state index in [1.807, 2.05) is 48.5 Å². The first-order valence-electron chi connectivity index (χ1n) is 9.80. The fourth-order valence-electron chi connectivity index (χ4n) is 3.24. The third kappa shape index (κ3) is 4.55. The summed E-state index contributed by atoms with van der Waals surface area (Å²) in [5, 5.41) is 0. The maximum absolute atomic E-state index is 13.1. The number of ether oxygens (including phenoxy) is 1. The molecule has 4 rings (SSSR count). The molecule has 1 N–H and O–H groups in total. The average Bonchev–Trinajstić information content (AvgIpc) is 2.81. The Balaban J connectivity index is 1.46. The van der Waals surface area contributed by atoms with Gasteiger partial charge in [-0.3, -0.25) is 14.5 Å². The highest BCUT2D eigenvalue weighted by Gasteiger charge is 2.29. The van der Waals surface area contributed by atoms with Crippen molar-refractivity contribution in [1.29, 1.82) is 0 Å². The van der Waals surface area contributed by atoms with Crippen LogP contribution >= 0.6 is 11.8 Å². The lowest BCUT2D eigenvalue weighted by Gasteiger charge is -2.30. The van der Waals surface area contributed by atoms with Crippen LogP contribution in [0.25, 0.3) is 0 Å². The van der Waals surface area contributed by atoms with Crippen molar-refractivity contribution >= 4 is 45.0 Å². The number of amides is 1. The van der Waals surface area contributed by atoms with Crippen LogP contribution in [0.2, 0.25) is 0 Å². The number of benzene rings is 3. The summed E-state index contributed by atoms with van der Waals surface area (Å²) in [5.41, 5.74) is 1.41. The molecule has 1 heterocycles. The molecular formula is C23H20N2O5S2. The lowest BCUT2D eigenvalue weighted by Crippen LogP contribution is -2.41. The van der Waals surface area contributed by atoms with Crippen molar-refractivity contribution in [2.75, 3.05) is 11.5 Å². The van der Waals surface area contributed by atoms with Crippen molar-refractivity contribution in [3.05, 3.63) is 78.9 Å². The van der Waals surface area contributed by atoms with Gasteiger partial charge in [0.05, 0.1) is 16.3 Å². The molecule has 1 aliphatic rings. The van der Waals surface area contributed by atoms with E-state index < -0.39 is 34.5 Å². The number of nitrogens with zero attached hydrogens (tertiary/aromatic N) is 1. The highest BCUT2D eigenvalue weighted by molar-refractivity contribution is 7.99. The number of rotatable bonds is 6. The number of para-hydroxylation sites is 2. The van der Waals surface area contributed by atoms with Crippen LogP contribution in [0.1, 0.15) is 6.92 Å². The maximum Gasteiger partial charge on any atom is 0.324 e. The number of fused-ring (bicyclic) bond motifs is 2. The molecule has 7 nitrogen and oxygen atoms in total. The van der Waals surface area contributed by atoms with Crippen LogP contribution < -0.4 is 9.62 Å². The van der Waals surface area contributed by atoms with Crippen LogP contribution in [0, 0.1) is 0 Å². The van der Waals surface area contributed by atoms with E-state index in [1.54, 1.807) is 30.0 Å². The quantitative estimate of drug-likeness (QED) is 0.554. The highest BCUT2D eigenvalue weighted by Crippen LogP contribution is 2.47. The van der Waals surface area contributed by atoms with Gasteiger partial charge in [0.15, 0.2) is 6.61 Å². The Labute approximate surface area is 190 Å². The van der Waals surface area contributed by atoms with E-state index in [-0.39, 0.29) is 4.90 Å². The van der Waals surface area contributed by atoms with Crippen molar-refractivity contribution in [1.82, 2.24) is 4.72 Å². The summed E-state index contributed by atoms with van der Waals surface area (Å²) in [6.07, 6.45) is 0. The van der Waals surface area contributed by atoms with Crippen molar-refractivity contribution in [3.63, 3.8) is 0 Å². The smallest absolute Gasteiger partial charge is 0.324 e. The number of sulfonamides is 1. The summed E-state index contributed by atoms with van der Waals surface area (Å²) < 4.78 is 32.3. The van der Waals surface area contributed by atoms with Gasteiger partial charge in [-0.25, -0.2) is 8.42 Å². The van der Waals surface area contributed by atoms with Gasteiger partial charge < -0.3 is 4.74 Å². The molecule has 0 aromatic heterocycles. The topological polar surface area (TPSA) is 92.8 Å². The number of hydrogen-bond acceptors (Lipinski definition) is 6. The molecule has 0 saturated carbocycles. The zero-order valence-electron chi connectivity index (χ0n) is 17.1. The Morgan fingerprint density at radius 3 is 2.03 bits per heavy atom. The predicted molar refractivity (Wildman–Crippen MR) is 121 cm³/mol. The van der Waals surface area contributed by atoms with Gasteiger partial charge >= 0.3 is 5.97 Å². The van der Waals surface area contributed by atoms with Crippen LogP contribution in [-0.2, 0) is 24.3 Å². The Hall–Kier alpha value is -3.14. The lowest BCUT2D eigenvalue weighted by atomic mass is 10.2. The summed E-state index contributed by atoms with van der Waals surface area (Å²) in [6.45, 7) is 0.846. The van der Waals surface area contributed by atoms with Crippen molar-refractivity contribution in [3.8, 4) is 0 Å². The predicted octanol–water partition coefficient (Wildman–Crippen LogP) is 3.73. The summed E-state index contributed by atoms with van der Waals surface area (Å²) >= 11 is 1.56. The molecule has 3 aromatic rings. The molecule has 0 bridgehead atoms. The molecule has 1 aliphatic heterocycles. The van der Waals surface area contributed by atoms with Crippen LogP contribution in [0.15, 0.2) is 93.5 Å². The Morgan fingerprint density at radius 1 is 0.906 bits per heavy atom. The SMILES string of the molecule is CC(NS(=O)(=O)c1ccccc1)C(=O)OCC(=O)N1c2ccccc2Sc2ccccc21. The zero-order chi connectivity index (χ0) is 22.7. The molecule has 1 atom stereocenters. The Kier molecular flexibility index (Phi) is 6.31. The van der Waals surface area contributed by atoms with Crippen LogP contribution in [-0.4, -0.2) is 32.9 Å². The van der Waals surface area contributed by atoms with Crippen molar-refractivity contribution < 1.29 is 22.7 Å². The second kappa shape index (κ2) is 9.15. The molecule has 1 amide bonds. The van der Waals surface area contributed by atoms with E-state index in [4.69, 9.17) is 4.74 Å². The maximum atomic E-state index is 13.1. The van der Waals surface area contributed by atoms with E-state index in [0.717, 1.165) is 9.79 Å². The Morgan fingerprint density at radius 2 is 1.44 bits per heavy atom. The number of carbonyl (C=O) groups excluding carboxylic acids is 2. The second-order valence-corrected chi connectivity index (χ2v) is 9.83. The number of nitrogens with one attached hydrogen (secondary N) is 1. The number of esters is 1. The van der Waals surface area contributed by atoms with Crippen molar-refractivity contribution in [2.45, 2.75) is 27.7 Å². The highest BCUT2D eigenvalue weighted by atomic mass is 32.2. The molecule has 3 aromatic carbocycles. The lowest BCUT2D eigenvalue weighted by molar-refractivity contribution is -0.149. The van der Waals surface area contributed by atoms with Gasteiger partial charge in [-0.15, -0.1) is 0 Å². The van der Waals surface area contributed by atoms with E-state index in [0.29, 0.717) is 11.4 Å². The molecule has 164 valence electrons. The van der Waals surface area contributed by atoms with Crippen LogP contribution in [0.5, 0.6) is 0 Å². The van der Waals surface area contributed by atoms with Gasteiger partial charge in [0.2, 0.25) is 10.0 Å². The fourth-order valence-corrected chi connectivity index (χ4v) is 5.52. The number of hydrogen-bond donors (Lipinski definition) is 1. The normalized spacial score (nSPS) is 13.6. The molecule has 1 unspecified atom stereocenters. The standard InChI is InChI=1S/C23H20N2O5S2/c1-16(24-32(28,29)17-9-3-2-4-10-17)23(27)30-15-22(26)25-18-11-5-7-13-20(18)31-21-14-8-6-12-19(21)25/h2-14,16,24H,15H2,1H3. The number of anilines is 2. The van der Waals surface area contributed by atoms with Gasteiger partial charge in [0.1, 0.15) is 6.04 Å². The third-order valence-corrected chi connectivity index (χ3v) is 7.45. The first-order chi connectivity index (χ1) is 15.4. The van der Waals surface area contributed by atoms with Crippen molar-refractivity contribution in [2.24, 2.45) is 0 Å².